The maximum absolute atomic E-state index is 13.5. The molecule has 0 saturated carbocycles. The number of urea groups is 1. The predicted octanol–water partition coefficient (Wildman–Crippen LogP) is 5.80. The summed E-state index contributed by atoms with van der Waals surface area (Å²) in [6.07, 6.45) is 1.32. The van der Waals surface area contributed by atoms with Crippen LogP contribution in [0.2, 0.25) is 5.02 Å². The number of anilines is 1. The molecule has 3 aromatic rings. The van der Waals surface area contributed by atoms with Crippen LogP contribution in [0, 0.1) is 12.7 Å². The lowest BCUT2D eigenvalue weighted by molar-refractivity contribution is -0.122. The van der Waals surface area contributed by atoms with Crippen LogP contribution in [-0.4, -0.2) is 17.8 Å². The van der Waals surface area contributed by atoms with Crippen molar-refractivity contribution in [2.45, 2.75) is 13.5 Å². The highest BCUT2D eigenvalue weighted by molar-refractivity contribution is 9.10. The van der Waals surface area contributed by atoms with Crippen molar-refractivity contribution in [3.63, 3.8) is 0 Å². The van der Waals surface area contributed by atoms with Crippen LogP contribution in [0.25, 0.3) is 6.08 Å². The number of nitrogens with one attached hydrogen (secondary N) is 1. The first kappa shape index (κ1) is 23.7. The molecule has 1 heterocycles. The van der Waals surface area contributed by atoms with Gasteiger partial charge in [0.25, 0.3) is 11.8 Å². The van der Waals surface area contributed by atoms with Crippen LogP contribution in [0.4, 0.5) is 14.9 Å². The SMILES string of the molecule is Cc1cc(Br)ccc1N1C(=O)NC(=O)/C(=C/c2cc(Cl)ccc2OCc2cccc(F)c2)C1=O. The number of carbonyl (C=O) groups is 3. The Morgan fingerprint density at radius 3 is 2.62 bits per heavy atom. The van der Waals surface area contributed by atoms with Crippen molar-refractivity contribution in [2.75, 3.05) is 4.90 Å². The van der Waals surface area contributed by atoms with Gasteiger partial charge in [0.2, 0.25) is 0 Å². The van der Waals surface area contributed by atoms with Crippen LogP contribution >= 0.6 is 27.5 Å². The lowest BCUT2D eigenvalue weighted by Crippen LogP contribution is -2.54. The Hall–Kier alpha value is -3.49. The largest absolute Gasteiger partial charge is 0.488 e. The van der Waals surface area contributed by atoms with E-state index in [-0.39, 0.29) is 12.2 Å². The van der Waals surface area contributed by atoms with E-state index in [1.54, 1.807) is 49.4 Å². The number of imide groups is 2. The first-order valence-electron chi connectivity index (χ1n) is 10.1. The molecule has 0 spiro atoms. The van der Waals surface area contributed by atoms with Crippen molar-refractivity contribution in [3.05, 3.63) is 98.2 Å². The second-order valence-corrected chi connectivity index (χ2v) is 8.84. The number of nitrogens with zero attached hydrogens (tertiary/aromatic N) is 1. The second-order valence-electron chi connectivity index (χ2n) is 7.49. The topological polar surface area (TPSA) is 75.7 Å². The van der Waals surface area contributed by atoms with Gasteiger partial charge in [0.05, 0.1) is 5.69 Å². The van der Waals surface area contributed by atoms with Gasteiger partial charge >= 0.3 is 6.03 Å². The average Bonchev–Trinajstić information content (AvgIpc) is 2.77. The van der Waals surface area contributed by atoms with Gasteiger partial charge in [-0.1, -0.05) is 39.7 Å². The molecule has 4 rings (SSSR count). The van der Waals surface area contributed by atoms with E-state index < -0.39 is 23.7 Å². The smallest absolute Gasteiger partial charge is 0.335 e. The fraction of sp³-hybridized carbons (Fsp3) is 0.0800. The highest BCUT2D eigenvalue weighted by Gasteiger charge is 2.37. The fourth-order valence-electron chi connectivity index (χ4n) is 3.45. The van der Waals surface area contributed by atoms with Gasteiger partial charge < -0.3 is 4.74 Å². The minimum Gasteiger partial charge on any atom is -0.488 e. The molecule has 0 aliphatic carbocycles. The number of hydrogen-bond acceptors (Lipinski definition) is 4. The Balaban J connectivity index is 1.69. The number of benzene rings is 3. The lowest BCUT2D eigenvalue weighted by atomic mass is 10.0. The fourth-order valence-corrected chi connectivity index (χ4v) is 4.11. The molecule has 1 aliphatic heterocycles. The Morgan fingerprint density at radius 2 is 1.88 bits per heavy atom. The van der Waals surface area contributed by atoms with Crippen LogP contribution in [0.1, 0.15) is 16.7 Å². The molecule has 0 atom stereocenters. The number of halogens is 3. The maximum atomic E-state index is 13.5. The third kappa shape index (κ3) is 5.03. The van der Waals surface area contributed by atoms with Gasteiger partial charge in [-0.25, -0.2) is 14.1 Å². The first-order valence-corrected chi connectivity index (χ1v) is 11.2. The molecule has 0 bridgehead atoms. The zero-order valence-electron chi connectivity index (χ0n) is 17.8. The van der Waals surface area contributed by atoms with Crippen molar-refractivity contribution in [1.82, 2.24) is 5.32 Å². The number of carbonyl (C=O) groups excluding carboxylic acids is 3. The second kappa shape index (κ2) is 9.79. The van der Waals surface area contributed by atoms with Crippen molar-refractivity contribution < 1.29 is 23.5 Å². The van der Waals surface area contributed by atoms with Gasteiger partial charge in [0, 0.05) is 15.1 Å². The summed E-state index contributed by atoms with van der Waals surface area (Å²) in [5, 5.41) is 2.55. The highest BCUT2D eigenvalue weighted by atomic mass is 79.9. The summed E-state index contributed by atoms with van der Waals surface area (Å²) in [6, 6.07) is 14.9. The summed E-state index contributed by atoms with van der Waals surface area (Å²) in [5.41, 5.74) is 1.69. The van der Waals surface area contributed by atoms with E-state index in [0.717, 1.165) is 9.37 Å². The number of ether oxygens (including phenoxy) is 1. The van der Waals surface area contributed by atoms with Crippen molar-refractivity contribution in [1.29, 1.82) is 0 Å². The van der Waals surface area contributed by atoms with Crippen LogP contribution in [0.3, 0.4) is 0 Å². The van der Waals surface area contributed by atoms with Crippen LogP contribution in [0.15, 0.2) is 70.7 Å². The third-order valence-electron chi connectivity index (χ3n) is 5.06. The molecule has 172 valence electrons. The molecule has 0 radical (unpaired) electrons. The molecule has 1 saturated heterocycles. The highest BCUT2D eigenvalue weighted by Crippen LogP contribution is 2.30. The van der Waals surface area contributed by atoms with Crippen molar-refractivity contribution in [3.8, 4) is 5.75 Å². The van der Waals surface area contributed by atoms with Gasteiger partial charge in [0.1, 0.15) is 23.7 Å². The number of rotatable bonds is 5. The average molecular weight is 544 g/mol. The molecule has 4 amide bonds. The Bertz CT molecular complexity index is 1360. The minimum atomic E-state index is -0.841. The number of amides is 4. The van der Waals surface area contributed by atoms with Crippen LogP contribution in [-0.2, 0) is 16.2 Å². The molecule has 9 heteroatoms. The molecular weight excluding hydrogens is 527 g/mol. The molecule has 1 N–H and O–H groups in total. The summed E-state index contributed by atoms with van der Waals surface area (Å²) in [5.74, 6) is -1.69. The Labute approximate surface area is 208 Å². The van der Waals surface area contributed by atoms with E-state index in [1.807, 2.05) is 0 Å². The van der Waals surface area contributed by atoms with E-state index in [4.69, 9.17) is 16.3 Å². The standard InChI is InChI=1S/C25H17BrClFN2O4/c1-14-9-17(26)5-7-21(14)30-24(32)20(23(31)29-25(30)33)12-16-11-18(27)6-8-22(16)34-13-15-3-2-4-19(28)10-15/h2-12H,13H2,1H3,(H,29,31,33)/b20-12-. The quantitative estimate of drug-likeness (QED) is 0.326. The monoisotopic (exact) mass is 542 g/mol. The molecule has 1 aliphatic rings. The van der Waals surface area contributed by atoms with E-state index in [0.29, 0.717) is 33.1 Å². The van der Waals surface area contributed by atoms with Crippen molar-refractivity contribution in [2.24, 2.45) is 0 Å². The number of aryl methyl sites for hydroxylation is 1. The summed E-state index contributed by atoms with van der Waals surface area (Å²) in [7, 11) is 0. The van der Waals surface area contributed by atoms with Crippen molar-refractivity contribution >= 4 is 57.1 Å². The summed E-state index contributed by atoms with van der Waals surface area (Å²) < 4.78 is 20.1. The summed E-state index contributed by atoms with van der Waals surface area (Å²) >= 11 is 9.49. The van der Waals surface area contributed by atoms with Crippen LogP contribution in [0.5, 0.6) is 5.75 Å². The van der Waals surface area contributed by atoms with Gasteiger partial charge in [-0.2, -0.15) is 0 Å². The summed E-state index contributed by atoms with van der Waals surface area (Å²) in [6.45, 7) is 1.80. The summed E-state index contributed by atoms with van der Waals surface area (Å²) in [4.78, 5) is 39.3. The molecule has 1 fully saturated rings. The van der Waals surface area contributed by atoms with Gasteiger partial charge in [0.15, 0.2) is 0 Å². The minimum absolute atomic E-state index is 0.0540. The van der Waals surface area contributed by atoms with E-state index in [2.05, 4.69) is 21.2 Å². The van der Waals surface area contributed by atoms with E-state index in [1.165, 1.54) is 24.3 Å². The molecule has 0 unspecified atom stereocenters. The Kier molecular flexibility index (Phi) is 6.81. The zero-order valence-corrected chi connectivity index (χ0v) is 20.1. The predicted molar refractivity (Wildman–Crippen MR) is 130 cm³/mol. The molecule has 0 aromatic heterocycles. The number of barbiturate groups is 1. The molecular formula is C25H17BrClFN2O4. The van der Waals surface area contributed by atoms with E-state index >= 15 is 0 Å². The normalized spacial score (nSPS) is 15.0. The van der Waals surface area contributed by atoms with Gasteiger partial charge in [-0.15, -0.1) is 0 Å². The zero-order chi connectivity index (χ0) is 24.4. The lowest BCUT2D eigenvalue weighted by Gasteiger charge is -2.27. The number of hydrogen-bond donors (Lipinski definition) is 1. The Morgan fingerprint density at radius 1 is 1.09 bits per heavy atom. The van der Waals surface area contributed by atoms with Gasteiger partial charge in [-0.3, -0.25) is 14.9 Å². The first-order chi connectivity index (χ1) is 16.2. The third-order valence-corrected chi connectivity index (χ3v) is 5.78. The van der Waals surface area contributed by atoms with Crippen LogP contribution < -0.4 is 15.0 Å². The van der Waals surface area contributed by atoms with E-state index in [9.17, 15) is 18.8 Å². The van der Waals surface area contributed by atoms with Gasteiger partial charge in [-0.05, 0) is 72.7 Å². The molecule has 34 heavy (non-hydrogen) atoms. The maximum Gasteiger partial charge on any atom is 0.335 e. The molecule has 3 aromatic carbocycles. The molecule has 6 nitrogen and oxygen atoms in total.